The van der Waals surface area contributed by atoms with Gasteiger partial charge in [0.2, 0.25) is 0 Å². The predicted octanol–water partition coefficient (Wildman–Crippen LogP) is 5.86. The maximum absolute atomic E-state index is 14.1. The zero-order valence-corrected chi connectivity index (χ0v) is 14.8. The molecule has 0 saturated heterocycles. The number of hydrogen-bond donors (Lipinski definition) is 0. The quantitative estimate of drug-likeness (QED) is 0.605. The summed E-state index contributed by atoms with van der Waals surface area (Å²) in [6, 6.07) is 9.41. The Balaban J connectivity index is 2.45. The van der Waals surface area contributed by atoms with Crippen molar-refractivity contribution >= 4 is 33.5 Å². The standard InChI is InChI=1S/C17H15BrClFO2/c1-17(2,3)22-16(21)11-6-10(7-12(18)8-11)14-5-4-13(19)9-15(14)20/h4-9H,1-3H3. The maximum Gasteiger partial charge on any atom is 0.338 e. The van der Waals surface area contributed by atoms with Gasteiger partial charge in [-0.2, -0.15) is 0 Å². The lowest BCUT2D eigenvalue weighted by Crippen LogP contribution is -2.23. The van der Waals surface area contributed by atoms with Crippen LogP contribution in [0.1, 0.15) is 31.1 Å². The number of benzene rings is 2. The van der Waals surface area contributed by atoms with E-state index in [4.69, 9.17) is 16.3 Å². The van der Waals surface area contributed by atoms with Crippen LogP contribution in [-0.4, -0.2) is 11.6 Å². The molecule has 116 valence electrons. The van der Waals surface area contributed by atoms with Crippen molar-refractivity contribution in [3.05, 3.63) is 57.3 Å². The Kier molecular flexibility index (Phi) is 4.93. The Bertz CT molecular complexity index is 723. The third kappa shape index (κ3) is 4.31. The van der Waals surface area contributed by atoms with Gasteiger partial charge in [-0.1, -0.05) is 27.5 Å². The van der Waals surface area contributed by atoms with Gasteiger partial charge in [0.15, 0.2) is 0 Å². The third-order valence-corrected chi connectivity index (χ3v) is 3.47. The lowest BCUT2D eigenvalue weighted by Gasteiger charge is -2.20. The molecular formula is C17H15BrClFO2. The average molecular weight is 386 g/mol. The number of carbonyl (C=O) groups excluding carboxylic acids is 1. The van der Waals surface area contributed by atoms with Crippen molar-refractivity contribution in [2.75, 3.05) is 0 Å². The number of halogens is 3. The minimum absolute atomic E-state index is 0.323. The van der Waals surface area contributed by atoms with Crippen molar-refractivity contribution in [2.24, 2.45) is 0 Å². The van der Waals surface area contributed by atoms with E-state index in [0.29, 0.717) is 26.2 Å². The molecule has 0 atom stereocenters. The predicted molar refractivity (Wildman–Crippen MR) is 89.7 cm³/mol. The molecular weight excluding hydrogens is 371 g/mol. The van der Waals surface area contributed by atoms with Crippen molar-refractivity contribution in [1.29, 1.82) is 0 Å². The lowest BCUT2D eigenvalue weighted by atomic mass is 10.0. The molecule has 22 heavy (non-hydrogen) atoms. The van der Waals surface area contributed by atoms with Crippen LogP contribution in [0.5, 0.6) is 0 Å². The van der Waals surface area contributed by atoms with Gasteiger partial charge in [-0.25, -0.2) is 9.18 Å². The Labute approximate surface area is 142 Å². The fourth-order valence-electron chi connectivity index (χ4n) is 1.92. The molecule has 0 saturated carbocycles. The lowest BCUT2D eigenvalue weighted by molar-refractivity contribution is 0.00695. The summed E-state index contributed by atoms with van der Waals surface area (Å²) in [7, 11) is 0. The van der Waals surface area contributed by atoms with Crippen molar-refractivity contribution in [2.45, 2.75) is 26.4 Å². The monoisotopic (exact) mass is 384 g/mol. The molecule has 0 amide bonds. The van der Waals surface area contributed by atoms with E-state index in [1.54, 1.807) is 51.1 Å². The number of ether oxygens (including phenoxy) is 1. The summed E-state index contributed by atoms with van der Waals surface area (Å²) in [5.41, 5.74) is 0.707. The Morgan fingerprint density at radius 3 is 2.45 bits per heavy atom. The molecule has 2 aromatic carbocycles. The van der Waals surface area contributed by atoms with E-state index in [1.165, 1.54) is 6.07 Å². The molecule has 2 nitrogen and oxygen atoms in total. The van der Waals surface area contributed by atoms with E-state index < -0.39 is 17.4 Å². The first-order chi connectivity index (χ1) is 10.2. The zero-order chi connectivity index (χ0) is 16.5. The molecule has 0 aromatic heterocycles. The normalized spacial score (nSPS) is 11.4. The van der Waals surface area contributed by atoms with Gasteiger partial charge >= 0.3 is 5.97 Å². The number of carbonyl (C=O) groups is 1. The maximum atomic E-state index is 14.1. The van der Waals surface area contributed by atoms with Crippen molar-refractivity contribution in [1.82, 2.24) is 0 Å². The second-order valence-electron chi connectivity index (χ2n) is 5.85. The van der Waals surface area contributed by atoms with Crippen LogP contribution in [0.3, 0.4) is 0 Å². The van der Waals surface area contributed by atoms with Crippen LogP contribution in [0, 0.1) is 5.82 Å². The van der Waals surface area contributed by atoms with Gasteiger partial charge in [0.1, 0.15) is 11.4 Å². The molecule has 0 radical (unpaired) electrons. The summed E-state index contributed by atoms with van der Waals surface area (Å²) in [4.78, 5) is 12.2. The third-order valence-electron chi connectivity index (χ3n) is 2.77. The smallest absolute Gasteiger partial charge is 0.338 e. The summed E-state index contributed by atoms with van der Waals surface area (Å²) < 4.78 is 20.1. The van der Waals surface area contributed by atoms with Gasteiger partial charge in [-0.05, 0) is 62.7 Å². The fraction of sp³-hybridized carbons (Fsp3) is 0.235. The highest BCUT2D eigenvalue weighted by atomic mass is 79.9. The van der Waals surface area contributed by atoms with E-state index in [-0.39, 0.29) is 0 Å². The van der Waals surface area contributed by atoms with Crippen LogP contribution >= 0.6 is 27.5 Å². The second kappa shape index (κ2) is 6.39. The SMILES string of the molecule is CC(C)(C)OC(=O)c1cc(Br)cc(-c2ccc(Cl)cc2F)c1. The summed E-state index contributed by atoms with van der Waals surface area (Å²) in [6.45, 7) is 5.38. The molecule has 0 fully saturated rings. The van der Waals surface area contributed by atoms with Crippen LogP contribution in [0.4, 0.5) is 4.39 Å². The zero-order valence-electron chi connectivity index (χ0n) is 12.4. The fourth-order valence-corrected chi connectivity index (χ4v) is 2.58. The van der Waals surface area contributed by atoms with Crippen LogP contribution < -0.4 is 0 Å². The van der Waals surface area contributed by atoms with Gasteiger partial charge < -0.3 is 4.74 Å². The number of rotatable bonds is 2. The average Bonchev–Trinajstić information content (AvgIpc) is 2.35. The molecule has 2 aromatic rings. The molecule has 0 aliphatic carbocycles. The molecule has 0 N–H and O–H groups in total. The highest BCUT2D eigenvalue weighted by Crippen LogP contribution is 2.29. The first-order valence-electron chi connectivity index (χ1n) is 6.65. The number of esters is 1. The largest absolute Gasteiger partial charge is 0.456 e. The summed E-state index contributed by atoms with van der Waals surface area (Å²) >= 11 is 9.11. The van der Waals surface area contributed by atoms with Gasteiger partial charge in [0, 0.05) is 15.1 Å². The van der Waals surface area contributed by atoms with Crippen molar-refractivity contribution in [3.8, 4) is 11.1 Å². The summed E-state index contributed by atoms with van der Waals surface area (Å²) in [5.74, 6) is -0.898. The first kappa shape index (κ1) is 17.0. The highest BCUT2D eigenvalue weighted by Gasteiger charge is 2.19. The summed E-state index contributed by atoms with van der Waals surface area (Å²) in [5, 5.41) is 0.323. The number of hydrogen-bond acceptors (Lipinski definition) is 2. The molecule has 2 rings (SSSR count). The van der Waals surface area contributed by atoms with Gasteiger partial charge in [0.25, 0.3) is 0 Å². The molecule has 0 aliphatic rings. The van der Waals surface area contributed by atoms with Crippen LogP contribution in [-0.2, 0) is 4.74 Å². The molecule has 0 bridgehead atoms. The minimum Gasteiger partial charge on any atom is -0.456 e. The molecule has 0 aliphatic heterocycles. The van der Waals surface area contributed by atoms with Crippen LogP contribution in [0.25, 0.3) is 11.1 Å². The Morgan fingerprint density at radius 2 is 1.86 bits per heavy atom. The van der Waals surface area contributed by atoms with E-state index in [0.717, 1.165) is 0 Å². The summed E-state index contributed by atoms with van der Waals surface area (Å²) in [6.07, 6.45) is 0. The minimum atomic E-state index is -0.592. The highest BCUT2D eigenvalue weighted by molar-refractivity contribution is 9.10. The van der Waals surface area contributed by atoms with Crippen molar-refractivity contribution in [3.63, 3.8) is 0 Å². The Morgan fingerprint density at radius 1 is 1.18 bits per heavy atom. The van der Waals surface area contributed by atoms with Crippen molar-refractivity contribution < 1.29 is 13.9 Å². The molecule has 5 heteroatoms. The van der Waals surface area contributed by atoms with Crippen LogP contribution in [0.2, 0.25) is 5.02 Å². The molecule has 0 spiro atoms. The molecule has 0 heterocycles. The first-order valence-corrected chi connectivity index (χ1v) is 7.82. The van der Waals surface area contributed by atoms with E-state index in [9.17, 15) is 9.18 Å². The molecule has 0 unspecified atom stereocenters. The van der Waals surface area contributed by atoms with E-state index in [1.807, 2.05) is 0 Å². The van der Waals surface area contributed by atoms with E-state index in [2.05, 4.69) is 15.9 Å². The second-order valence-corrected chi connectivity index (χ2v) is 7.21. The van der Waals surface area contributed by atoms with E-state index >= 15 is 0 Å². The van der Waals surface area contributed by atoms with Gasteiger partial charge in [0.05, 0.1) is 5.56 Å². The topological polar surface area (TPSA) is 26.3 Å². The Hall–Kier alpha value is -1.39. The van der Waals surface area contributed by atoms with Gasteiger partial charge in [-0.15, -0.1) is 0 Å². The van der Waals surface area contributed by atoms with Gasteiger partial charge in [-0.3, -0.25) is 0 Å². The van der Waals surface area contributed by atoms with Crippen LogP contribution in [0.15, 0.2) is 40.9 Å².